The zero-order valence-electron chi connectivity index (χ0n) is 24.8. The van der Waals surface area contributed by atoms with Gasteiger partial charge in [-0.1, -0.05) is 25.2 Å². The Hall–Kier alpha value is -2.54. The monoisotopic (exact) mass is 589 g/mol. The summed E-state index contributed by atoms with van der Waals surface area (Å²) in [5, 5.41) is 35.8. The van der Waals surface area contributed by atoms with Gasteiger partial charge in [0.25, 0.3) is 0 Å². The van der Waals surface area contributed by atoms with E-state index in [1.54, 1.807) is 25.3 Å². The highest BCUT2D eigenvalue weighted by Crippen LogP contribution is 2.67. The van der Waals surface area contributed by atoms with Gasteiger partial charge in [-0.05, 0) is 37.0 Å². The van der Waals surface area contributed by atoms with Gasteiger partial charge < -0.3 is 44.0 Å². The Morgan fingerprint density at radius 1 is 1.19 bits per heavy atom. The van der Waals surface area contributed by atoms with Crippen molar-refractivity contribution in [2.24, 2.45) is 41.4 Å². The number of ether oxygens (including phenoxy) is 5. The largest absolute Gasteiger partial charge is 0.459 e. The topological polar surface area (TPSA) is 157 Å². The minimum Gasteiger partial charge on any atom is -0.459 e. The van der Waals surface area contributed by atoms with Crippen LogP contribution < -0.4 is 0 Å². The van der Waals surface area contributed by atoms with Crippen LogP contribution in [0.25, 0.3) is 0 Å². The molecule has 12 unspecified atom stereocenters. The number of aliphatic hydroxyl groups excluding tert-OH is 2. The lowest BCUT2D eigenvalue weighted by Gasteiger charge is -2.55. The van der Waals surface area contributed by atoms with Crippen molar-refractivity contribution in [2.75, 3.05) is 41.2 Å². The summed E-state index contributed by atoms with van der Waals surface area (Å²) in [6.07, 6.45) is 4.56. The number of aliphatic hydroxyl groups is 3. The van der Waals surface area contributed by atoms with Crippen molar-refractivity contribution in [1.82, 2.24) is 4.98 Å². The number of carbonyl (C=O) groups is 2. The first-order valence-corrected chi connectivity index (χ1v) is 14.5. The van der Waals surface area contributed by atoms with Crippen LogP contribution in [0.15, 0.2) is 42.1 Å². The first-order chi connectivity index (χ1) is 20.0. The second kappa shape index (κ2) is 11.9. The summed E-state index contributed by atoms with van der Waals surface area (Å²) in [4.78, 5) is 29.6. The Morgan fingerprint density at radius 2 is 1.93 bits per heavy atom. The molecule has 0 bridgehead atoms. The number of hydrogen-bond donors (Lipinski definition) is 4. The van der Waals surface area contributed by atoms with Gasteiger partial charge >= 0.3 is 11.9 Å². The maximum atomic E-state index is 13.7. The molecule has 0 spiro atoms. The highest BCUT2D eigenvalue weighted by atomic mass is 16.6. The normalized spacial score (nSPS) is 41.6. The van der Waals surface area contributed by atoms with E-state index in [0.717, 1.165) is 0 Å². The van der Waals surface area contributed by atoms with Crippen molar-refractivity contribution in [1.29, 1.82) is 0 Å². The molecular formula is C31H43NO10. The average Bonchev–Trinajstić information content (AvgIpc) is 3.39. The molecule has 1 aromatic rings. The summed E-state index contributed by atoms with van der Waals surface area (Å²) >= 11 is 0. The van der Waals surface area contributed by atoms with Gasteiger partial charge in [0.15, 0.2) is 0 Å². The van der Waals surface area contributed by atoms with E-state index in [-0.39, 0.29) is 31.7 Å². The Bertz CT molecular complexity index is 1200. The molecule has 11 heteroatoms. The average molecular weight is 590 g/mol. The predicted molar refractivity (Wildman–Crippen MR) is 149 cm³/mol. The maximum Gasteiger partial charge on any atom is 0.355 e. The van der Waals surface area contributed by atoms with Crippen molar-refractivity contribution in [3.05, 3.63) is 47.8 Å². The van der Waals surface area contributed by atoms with E-state index in [0.29, 0.717) is 17.7 Å². The zero-order chi connectivity index (χ0) is 30.4. The van der Waals surface area contributed by atoms with Crippen molar-refractivity contribution in [3.63, 3.8) is 0 Å². The molecule has 0 saturated heterocycles. The summed E-state index contributed by atoms with van der Waals surface area (Å²) in [6, 6.07) is 3.35. The molecule has 2 saturated carbocycles. The van der Waals surface area contributed by atoms with E-state index in [4.69, 9.17) is 23.7 Å². The standard InChI is InChI=1S/C31H43NO10/c1-16-11-17(2)31(37)20(19(13-38-3)28(35)41-27(16)24(33)15-40-5)9-8-18-21-12-30(21,22(14-39-4)26(34)25(18)31)42-29(36)23-7-6-10-32-23/h6-11,16,18-22,24-27,32-34,37H,12-15H2,1-5H3. The summed E-state index contributed by atoms with van der Waals surface area (Å²) in [7, 11) is 4.45. The second-order valence-electron chi connectivity index (χ2n) is 12.3. The highest BCUT2D eigenvalue weighted by molar-refractivity contribution is 5.88. The quantitative estimate of drug-likeness (QED) is 0.246. The lowest BCUT2D eigenvalue weighted by Crippen LogP contribution is -2.64. The molecule has 5 rings (SSSR count). The van der Waals surface area contributed by atoms with Crippen LogP contribution >= 0.6 is 0 Å². The number of nitrogens with one attached hydrogen (secondary N) is 1. The molecule has 4 aliphatic rings. The third kappa shape index (κ3) is 4.93. The molecule has 2 fully saturated rings. The van der Waals surface area contributed by atoms with Crippen LogP contribution in [0.1, 0.15) is 30.8 Å². The Morgan fingerprint density at radius 3 is 2.57 bits per heavy atom. The van der Waals surface area contributed by atoms with Crippen LogP contribution in [-0.2, 0) is 28.5 Å². The smallest absolute Gasteiger partial charge is 0.355 e. The van der Waals surface area contributed by atoms with Gasteiger partial charge in [-0.3, -0.25) is 4.79 Å². The van der Waals surface area contributed by atoms with Gasteiger partial charge in [0.05, 0.1) is 37.4 Å². The summed E-state index contributed by atoms with van der Waals surface area (Å²) < 4.78 is 28.1. The number of esters is 2. The fraction of sp³-hybridized carbons (Fsp3) is 0.677. The third-order valence-corrected chi connectivity index (χ3v) is 10.0. The van der Waals surface area contributed by atoms with Gasteiger partial charge in [-0.15, -0.1) is 0 Å². The van der Waals surface area contributed by atoms with E-state index in [9.17, 15) is 24.9 Å². The minimum absolute atomic E-state index is 0.0369. The second-order valence-corrected chi connectivity index (χ2v) is 12.3. The van der Waals surface area contributed by atoms with Gasteiger partial charge in [0.2, 0.25) is 0 Å². The van der Waals surface area contributed by atoms with Gasteiger partial charge in [0, 0.05) is 57.1 Å². The number of fused-ring (bicyclic) bond motifs is 5. The number of aromatic amines is 1. The molecule has 2 heterocycles. The van der Waals surface area contributed by atoms with Crippen molar-refractivity contribution in [3.8, 4) is 0 Å². The Balaban J connectivity index is 1.58. The molecular weight excluding hydrogens is 546 g/mol. The van der Waals surface area contributed by atoms with E-state index in [1.165, 1.54) is 21.3 Å². The highest BCUT2D eigenvalue weighted by Gasteiger charge is 2.75. The molecule has 0 radical (unpaired) electrons. The number of methoxy groups -OCH3 is 3. The number of rotatable bonds is 9. The first kappa shape index (κ1) is 30.9. The molecule has 1 aliphatic heterocycles. The number of cyclic esters (lactones) is 1. The fourth-order valence-electron chi connectivity index (χ4n) is 8.02. The molecule has 3 aliphatic carbocycles. The number of aromatic nitrogens is 1. The van der Waals surface area contributed by atoms with Crippen molar-refractivity contribution < 1.29 is 48.6 Å². The zero-order valence-corrected chi connectivity index (χ0v) is 24.8. The van der Waals surface area contributed by atoms with E-state index < -0.39 is 71.0 Å². The predicted octanol–water partition coefficient (Wildman–Crippen LogP) is 1.49. The molecule has 0 amide bonds. The lowest BCUT2D eigenvalue weighted by molar-refractivity contribution is -0.188. The van der Waals surface area contributed by atoms with Crippen LogP contribution in [0.2, 0.25) is 0 Å². The third-order valence-electron chi connectivity index (χ3n) is 10.0. The summed E-state index contributed by atoms with van der Waals surface area (Å²) in [5.74, 6) is -5.20. The van der Waals surface area contributed by atoms with Crippen LogP contribution in [-0.4, -0.2) is 103 Å². The maximum absolute atomic E-state index is 13.7. The van der Waals surface area contributed by atoms with Crippen LogP contribution in [0.3, 0.4) is 0 Å². The molecule has 0 aromatic carbocycles. The van der Waals surface area contributed by atoms with Gasteiger partial charge in [0.1, 0.15) is 23.5 Å². The Kier molecular flexibility index (Phi) is 8.73. The number of allylic oxidation sites excluding steroid dienone is 1. The minimum atomic E-state index is -1.68. The molecule has 4 N–H and O–H groups in total. The van der Waals surface area contributed by atoms with E-state index in [1.807, 2.05) is 25.2 Å². The number of H-pyrrole nitrogens is 1. The molecule has 232 valence electrons. The molecule has 1 aromatic heterocycles. The fourth-order valence-corrected chi connectivity index (χ4v) is 8.02. The van der Waals surface area contributed by atoms with E-state index in [2.05, 4.69) is 4.98 Å². The molecule has 11 nitrogen and oxygen atoms in total. The summed E-state index contributed by atoms with van der Waals surface area (Å²) in [6.45, 7) is 3.63. The van der Waals surface area contributed by atoms with Crippen LogP contribution in [0, 0.1) is 41.4 Å². The summed E-state index contributed by atoms with van der Waals surface area (Å²) in [5.41, 5.74) is -1.77. The number of carbonyl (C=O) groups excluding carboxylic acids is 2. The lowest BCUT2D eigenvalue weighted by atomic mass is 9.54. The van der Waals surface area contributed by atoms with Crippen LogP contribution in [0.5, 0.6) is 0 Å². The van der Waals surface area contributed by atoms with Gasteiger partial charge in [-0.2, -0.15) is 0 Å². The van der Waals surface area contributed by atoms with Crippen LogP contribution in [0.4, 0.5) is 0 Å². The van der Waals surface area contributed by atoms with Crippen molar-refractivity contribution in [2.45, 2.75) is 49.8 Å². The van der Waals surface area contributed by atoms with Crippen molar-refractivity contribution >= 4 is 11.9 Å². The van der Waals surface area contributed by atoms with E-state index >= 15 is 0 Å². The molecule has 42 heavy (non-hydrogen) atoms. The molecule has 12 atom stereocenters. The Labute approximate surface area is 245 Å². The first-order valence-electron chi connectivity index (χ1n) is 14.5. The van der Waals surface area contributed by atoms with Gasteiger partial charge in [-0.25, -0.2) is 4.79 Å². The SMILES string of the molecule is COCC(O)C1OC(=O)C(COC)C2C=CC3C4CC4(OC(=O)c4ccc[nH]4)C(COC)C(O)C3C2(O)C(C)=CC1C. The number of hydrogen-bond acceptors (Lipinski definition) is 10.